The molecule has 7 heteroatoms. The maximum atomic E-state index is 11.8. The van der Waals surface area contributed by atoms with Gasteiger partial charge in [0.1, 0.15) is 13.3 Å². The van der Waals surface area contributed by atoms with E-state index in [1.165, 1.54) is 0 Å². The first-order valence-corrected chi connectivity index (χ1v) is 9.48. The molecule has 2 aromatic rings. The van der Waals surface area contributed by atoms with Gasteiger partial charge in [0.05, 0.1) is 30.9 Å². The zero-order valence-corrected chi connectivity index (χ0v) is 16.9. The molecule has 0 aliphatic rings. The molecule has 0 aliphatic carbocycles. The Kier molecular flexibility index (Phi) is 9.83. The molecule has 0 aliphatic heterocycles. The number of hydrogen-bond donors (Lipinski definition) is 1. The van der Waals surface area contributed by atoms with Crippen molar-refractivity contribution in [3.63, 3.8) is 0 Å². The van der Waals surface area contributed by atoms with Crippen LogP contribution in [-0.2, 0) is 9.47 Å². The zero-order chi connectivity index (χ0) is 19.3. The monoisotopic (exact) mass is 438 g/mol. The Morgan fingerprint density at radius 3 is 2.33 bits per heavy atom. The average Bonchev–Trinajstić information content (AvgIpc) is 2.70. The van der Waals surface area contributed by atoms with Crippen molar-refractivity contribution in [3.8, 4) is 5.88 Å². The maximum Gasteiger partial charge on any atom is 0.228 e. The second-order valence-electron chi connectivity index (χ2n) is 5.52. The Labute approximate surface area is 167 Å². The number of hydrogen-bond acceptors (Lipinski definition) is 5. The van der Waals surface area contributed by atoms with Gasteiger partial charge in [-0.05, 0) is 45.3 Å². The summed E-state index contributed by atoms with van der Waals surface area (Å²) in [5, 5.41) is 3.09. The molecule has 5 nitrogen and oxygen atoms in total. The third kappa shape index (κ3) is 8.07. The van der Waals surface area contributed by atoms with Crippen molar-refractivity contribution in [1.82, 2.24) is 4.98 Å². The van der Waals surface area contributed by atoms with Gasteiger partial charge in [-0.2, -0.15) is 0 Å². The normalized spacial score (nSPS) is 11.1. The van der Waals surface area contributed by atoms with Crippen LogP contribution in [0.25, 0.3) is 12.2 Å². The number of aromatic nitrogens is 1. The van der Waals surface area contributed by atoms with Crippen LogP contribution >= 0.6 is 15.9 Å². The molecule has 0 saturated heterocycles. The van der Waals surface area contributed by atoms with Gasteiger partial charge in [-0.15, -0.1) is 0 Å². The minimum atomic E-state index is -0.476. The van der Waals surface area contributed by atoms with E-state index < -0.39 is 6.67 Å². The molecule has 0 radical (unpaired) electrons. The van der Waals surface area contributed by atoms with Gasteiger partial charge in [-0.3, -0.25) is 0 Å². The average molecular weight is 439 g/mol. The van der Waals surface area contributed by atoms with Crippen LogP contribution in [0.1, 0.15) is 11.1 Å². The van der Waals surface area contributed by atoms with Crippen LogP contribution in [0.5, 0.6) is 5.88 Å². The quantitative estimate of drug-likeness (QED) is 0.496. The third-order valence-electron chi connectivity index (χ3n) is 3.56. The summed E-state index contributed by atoms with van der Waals surface area (Å²) < 4.78 is 28.5. The molecule has 0 amide bonds. The number of rotatable bonds is 12. The van der Waals surface area contributed by atoms with Crippen LogP contribution in [0.2, 0.25) is 0 Å². The van der Waals surface area contributed by atoms with Gasteiger partial charge in [0.2, 0.25) is 5.88 Å². The lowest BCUT2D eigenvalue weighted by Gasteiger charge is -2.08. The summed E-state index contributed by atoms with van der Waals surface area (Å²) in [6.45, 7) is 1.22. The smallest absolute Gasteiger partial charge is 0.228 e. The third-order valence-corrected chi connectivity index (χ3v) is 4.12. The number of ether oxygens (including phenoxy) is 3. The summed E-state index contributed by atoms with van der Waals surface area (Å²) in [6, 6.07) is 10.1. The van der Waals surface area contributed by atoms with Gasteiger partial charge in [0.15, 0.2) is 0 Å². The first-order chi connectivity index (χ1) is 13.2. The Balaban J connectivity index is 1.76. The van der Waals surface area contributed by atoms with Gasteiger partial charge in [-0.1, -0.05) is 24.3 Å². The second kappa shape index (κ2) is 12.4. The number of pyridine rings is 1. The van der Waals surface area contributed by atoms with Gasteiger partial charge in [0, 0.05) is 18.9 Å². The summed E-state index contributed by atoms with van der Waals surface area (Å²) in [5.74, 6) is 0.516. The highest BCUT2D eigenvalue weighted by molar-refractivity contribution is 9.10. The van der Waals surface area contributed by atoms with Crippen molar-refractivity contribution in [2.45, 2.75) is 0 Å². The molecule has 0 unspecified atom stereocenters. The number of nitrogens with one attached hydrogen (secondary N) is 1. The number of nitrogens with zero attached hydrogens (tertiary/aromatic N) is 1. The van der Waals surface area contributed by atoms with Crippen molar-refractivity contribution < 1.29 is 18.6 Å². The van der Waals surface area contributed by atoms with E-state index in [4.69, 9.17) is 14.2 Å². The van der Waals surface area contributed by atoms with Crippen LogP contribution in [-0.4, -0.2) is 51.7 Å². The van der Waals surface area contributed by atoms with E-state index in [1.54, 1.807) is 6.20 Å². The first kappa shape index (κ1) is 21.3. The van der Waals surface area contributed by atoms with E-state index in [-0.39, 0.29) is 6.61 Å². The van der Waals surface area contributed by atoms with Crippen LogP contribution in [0, 0.1) is 0 Å². The summed E-state index contributed by atoms with van der Waals surface area (Å²) >= 11 is 3.48. The molecule has 0 fully saturated rings. The topological polar surface area (TPSA) is 52.6 Å². The van der Waals surface area contributed by atoms with Gasteiger partial charge >= 0.3 is 0 Å². The number of anilines is 1. The molecule has 0 saturated carbocycles. The Morgan fingerprint density at radius 1 is 1.00 bits per heavy atom. The fraction of sp³-hybridized carbons (Fsp3) is 0.350. The predicted molar refractivity (Wildman–Crippen MR) is 110 cm³/mol. The fourth-order valence-corrected chi connectivity index (χ4v) is 2.65. The van der Waals surface area contributed by atoms with E-state index in [9.17, 15) is 4.39 Å². The van der Waals surface area contributed by atoms with E-state index in [2.05, 4.69) is 26.2 Å². The molecule has 1 heterocycles. The summed E-state index contributed by atoms with van der Waals surface area (Å²) in [5.41, 5.74) is 3.15. The van der Waals surface area contributed by atoms with Crippen molar-refractivity contribution in [2.75, 3.05) is 52.1 Å². The lowest BCUT2D eigenvalue weighted by atomic mass is 10.1. The van der Waals surface area contributed by atoms with E-state index in [0.717, 1.165) is 21.3 Å². The largest absolute Gasteiger partial charge is 0.474 e. The van der Waals surface area contributed by atoms with E-state index >= 15 is 0 Å². The fourth-order valence-electron chi connectivity index (χ4n) is 2.16. The van der Waals surface area contributed by atoms with Crippen molar-refractivity contribution in [2.24, 2.45) is 0 Å². The van der Waals surface area contributed by atoms with E-state index in [1.807, 2.05) is 49.5 Å². The van der Waals surface area contributed by atoms with Crippen LogP contribution in [0.15, 0.2) is 41.0 Å². The number of benzene rings is 1. The highest BCUT2D eigenvalue weighted by Crippen LogP contribution is 2.24. The Morgan fingerprint density at radius 2 is 1.67 bits per heavy atom. The SMILES string of the molecule is CNc1ccc(C=Cc2cnc(OCCOCCOCCF)c(Br)c2)cc1. The lowest BCUT2D eigenvalue weighted by molar-refractivity contribution is 0.0319. The lowest BCUT2D eigenvalue weighted by Crippen LogP contribution is -2.12. The van der Waals surface area contributed by atoms with Crippen molar-refractivity contribution in [3.05, 3.63) is 52.1 Å². The first-order valence-electron chi connectivity index (χ1n) is 8.68. The molecular weight excluding hydrogens is 415 g/mol. The maximum absolute atomic E-state index is 11.8. The number of alkyl halides is 1. The zero-order valence-electron chi connectivity index (χ0n) is 15.3. The van der Waals surface area contributed by atoms with Crippen LogP contribution in [0.4, 0.5) is 10.1 Å². The van der Waals surface area contributed by atoms with E-state index in [0.29, 0.717) is 32.3 Å². The summed E-state index contributed by atoms with van der Waals surface area (Å²) in [7, 11) is 1.90. The predicted octanol–water partition coefficient (Wildman–Crippen LogP) is 4.44. The highest BCUT2D eigenvalue weighted by Gasteiger charge is 2.03. The molecule has 1 aromatic heterocycles. The molecule has 0 atom stereocenters. The minimum Gasteiger partial charge on any atom is -0.474 e. The molecule has 27 heavy (non-hydrogen) atoms. The van der Waals surface area contributed by atoms with Crippen LogP contribution in [0.3, 0.4) is 0 Å². The minimum absolute atomic E-state index is 0.110. The molecule has 0 bridgehead atoms. The standard InChI is InChI=1S/C20H24BrFN2O3/c1-23-18-6-4-16(5-7-18)2-3-17-14-19(21)20(24-15-17)27-13-12-26-11-10-25-9-8-22/h2-7,14-15,23H,8-13H2,1H3. The summed E-state index contributed by atoms with van der Waals surface area (Å²) in [6.07, 6.45) is 5.78. The molecule has 0 spiro atoms. The summed E-state index contributed by atoms with van der Waals surface area (Å²) in [4.78, 5) is 4.32. The van der Waals surface area contributed by atoms with Crippen molar-refractivity contribution in [1.29, 1.82) is 0 Å². The molecule has 1 aromatic carbocycles. The van der Waals surface area contributed by atoms with Crippen molar-refractivity contribution >= 4 is 33.8 Å². The van der Waals surface area contributed by atoms with Gasteiger partial charge < -0.3 is 19.5 Å². The molecule has 2 rings (SSSR count). The van der Waals surface area contributed by atoms with Crippen LogP contribution < -0.4 is 10.1 Å². The highest BCUT2D eigenvalue weighted by atomic mass is 79.9. The second-order valence-corrected chi connectivity index (χ2v) is 6.38. The Bertz CT molecular complexity index is 711. The molecular formula is C20H24BrFN2O3. The Hall–Kier alpha value is -1.96. The molecule has 1 N–H and O–H groups in total. The molecule has 146 valence electrons. The number of halogens is 2. The van der Waals surface area contributed by atoms with Gasteiger partial charge in [0.25, 0.3) is 0 Å². The van der Waals surface area contributed by atoms with Gasteiger partial charge in [-0.25, -0.2) is 9.37 Å².